The van der Waals surface area contributed by atoms with E-state index in [4.69, 9.17) is 0 Å². The molecule has 0 amide bonds. The highest BCUT2D eigenvalue weighted by molar-refractivity contribution is 5.61. The van der Waals surface area contributed by atoms with Gasteiger partial charge in [0, 0.05) is 11.8 Å². The predicted molar refractivity (Wildman–Crippen MR) is 107 cm³/mol. The van der Waals surface area contributed by atoms with E-state index in [1.807, 2.05) is 6.92 Å². The van der Waals surface area contributed by atoms with Gasteiger partial charge < -0.3 is 15.5 Å². The van der Waals surface area contributed by atoms with Gasteiger partial charge in [-0.3, -0.25) is 0 Å². The smallest absolute Gasteiger partial charge is 0.264 e. The number of aromatic nitrogens is 5. The van der Waals surface area contributed by atoms with Gasteiger partial charge in [0.2, 0.25) is 0 Å². The van der Waals surface area contributed by atoms with Gasteiger partial charge in [-0.05, 0) is 57.5 Å². The molecule has 3 N–H and O–H groups in total. The molecule has 8 nitrogen and oxygen atoms in total. The number of halogens is 2. The molecule has 1 atom stereocenters. The fourth-order valence-corrected chi connectivity index (χ4v) is 2.65. The highest BCUT2D eigenvalue weighted by Crippen LogP contribution is 2.26. The lowest BCUT2D eigenvalue weighted by Gasteiger charge is -2.35. The zero-order chi connectivity index (χ0) is 22.1. The molecule has 0 fully saturated rings. The minimum absolute atomic E-state index is 0.0325. The number of alkyl halides is 2. The predicted octanol–water partition coefficient (Wildman–Crippen LogP) is 3.25. The van der Waals surface area contributed by atoms with Crippen LogP contribution in [0.2, 0.25) is 0 Å². The van der Waals surface area contributed by atoms with E-state index in [1.165, 1.54) is 43.8 Å². The molecule has 0 aliphatic heterocycles. The first-order valence-electron chi connectivity index (χ1n) is 9.30. The van der Waals surface area contributed by atoms with Gasteiger partial charge in [-0.1, -0.05) is 5.21 Å². The number of nitrogens with zero attached hydrogens (tertiary/aromatic N) is 5. The number of anilines is 2. The molecular formula is C20H24F2N6O2. The summed E-state index contributed by atoms with van der Waals surface area (Å²) in [6, 6.07) is 6.08. The normalized spacial score (nSPS) is 14.0. The Bertz CT molecular complexity index is 1030. The number of nitrogens with one attached hydrogen (secondary N) is 1. The van der Waals surface area contributed by atoms with E-state index in [0.717, 1.165) is 5.56 Å². The van der Waals surface area contributed by atoms with Crippen LogP contribution in [0.15, 0.2) is 36.7 Å². The molecule has 160 valence electrons. The molecule has 0 aliphatic rings. The zero-order valence-corrected chi connectivity index (χ0v) is 17.1. The summed E-state index contributed by atoms with van der Waals surface area (Å²) in [6.45, 7) is 6.44. The molecule has 3 aromatic heterocycles. The van der Waals surface area contributed by atoms with Crippen LogP contribution in [-0.4, -0.2) is 46.4 Å². The summed E-state index contributed by atoms with van der Waals surface area (Å²) in [5.41, 5.74) is -1.06. The molecule has 3 aromatic rings. The van der Waals surface area contributed by atoms with Crippen molar-refractivity contribution in [2.45, 2.75) is 51.9 Å². The highest BCUT2D eigenvalue weighted by atomic mass is 19.3. The van der Waals surface area contributed by atoms with Crippen molar-refractivity contribution >= 4 is 11.6 Å². The third-order valence-corrected chi connectivity index (χ3v) is 4.85. The van der Waals surface area contributed by atoms with Crippen molar-refractivity contribution in [1.82, 2.24) is 25.0 Å². The standard InChI is InChI=1S/C20H24F2N6O2/c1-12-7-14(15-10-28(27-26-15)11-20(4,30)19(2,3)29)24-17(8-12)25-16-9-13(18(21)22)5-6-23-16/h5-10,18,29-30H,11H2,1-4H3,(H,23,24,25)/t20-/m1/s1. The average molecular weight is 418 g/mol. The minimum atomic E-state index is -2.59. The summed E-state index contributed by atoms with van der Waals surface area (Å²) in [4.78, 5) is 8.51. The second kappa shape index (κ2) is 8.04. The Balaban J connectivity index is 1.84. The van der Waals surface area contributed by atoms with Crippen LogP contribution < -0.4 is 5.32 Å². The van der Waals surface area contributed by atoms with Gasteiger partial charge in [0.1, 0.15) is 22.9 Å². The van der Waals surface area contributed by atoms with Gasteiger partial charge in [0.25, 0.3) is 6.43 Å². The second-order valence-electron chi connectivity index (χ2n) is 7.95. The van der Waals surface area contributed by atoms with Crippen molar-refractivity contribution in [3.8, 4) is 11.4 Å². The Morgan fingerprint density at radius 3 is 2.50 bits per heavy atom. The van der Waals surface area contributed by atoms with Gasteiger partial charge in [-0.25, -0.2) is 23.4 Å². The van der Waals surface area contributed by atoms with Crippen LogP contribution in [0, 0.1) is 6.92 Å². The average Bonchev–Trinajstić information content (AvgIpc) is 3.08. The first kappa shape index (κ1) is 21.7. The molecule has 0 spiro atoms. The van der Waals surface area contributed by atoms with Gasteiger partial charge in [0.05, 0.1) is 24.0 Å². The summed E-state index contributed by atoms with van der Waals surface area (Å²) < 4.78 is 27.2. The number of aliphatic hydroxyl groups is 2. The van der Waals surface area contributed by atoms with E-state index < -0.39 is 17.6 Å². The lowest BCUT2D eigenvalue weighted by atomic mass is 9.88. The van der Waals surface area contributed by atoms with Crippen molar-refractivity contribution < 1.29 is 19.0 Å². The quantitative estimate of drug-likeness (QED) is 0.540. The van der Waals surface area contributed by atoms with Crippen LogP contribution in [0.3, 0.4) is 0 Å². The molecular weight excluding hydrogens is 394 g/mol. The van der Waals surface area contributed by atoms with E-state index in [9.17, 15) is 19.0 Å². The second-order valence-corrected chi connectivity index (χ2v) is 7.95. The van der Waals surface area contributed by atoms with Crippen LogP contribution in [-0.2, 0) is 6.54 Å². The lowest BCUT2D eigenvalue weighted by molar-refractivity contribution is -0.129. The van der Waals surface area contributed by atoms with Gasteiger partial charge >= 0.3 is 0 Å². The summed E-state index contributed by atoms with van der Waals surface area (Å²) in [6.07, 6.45) is 0.327. The number of aryl methyl sites for hydroxylation is 1. The van der Waals surface area contributed by atoms with Crippen LogP contribution in [0.4, 0.5) is 20.4 Å². The summed E-state index contributed by atoms with van der Waals surface area (Å²) in [5.74, 6) is 0.670. The Kier molecular flexibility index (Phi) is 5.82. The van der Waals surface area contributed by atoms with Crippen molar-refractivity contribution in [3.05, 3.63) is 47.8 Å². The number of hydrogen-bond acceptors (Lipinski definition) is 7. The molecule has 3 rings (SSSR count). The molecule has 0 saturated carbocycles. The molecule has 0 aromatic carbocycles. The molecule has 0 saturated heterocycles. The van der Waals surface area contributed by atoms with E-state index in [2.05, 4.69) is 25.6 Å². The zero-order valence-electron chi connectivity index (χ0n) is 17.1. The van der Waals surface area contributed by atoms with Crippen molar-refractivity contribution in [1.29, 1.82) is 0 Å². The van der Waals surface area contributed by atoms with Crippen LogP contribution in [0.5, 0.6) is 0 Å². The van der Waals surface area contributed by atoms with E-state index in [1.54, 1.807) is 18.3 Å². The largest absolute Gasteiger partial charge is 0.387 e. The molecule has 0 radical (unpaired) electrons. The summed E-state index contributed by atoms with van der Waals surface area (Å²) in [7, 11) is 0. The molecule has 10 heteroatoms. The van der Waals surface area contributed by atoms with Crippen LogP contribution in [0.25, 0.3) is 11.4 Å². The Morgan fingerprint density at radius 1 is 1.10 bits per heavy atom. The Hall–Kier alpha value is -2.98. The molecule has 3 heterocycles. The van der Waals surface area contributed by atoms with Gasteiger partial charge in [-0.2, -0.15) is 0 Å². The van der Waals surface area contributed by atoms with Crippen LogP contribution in [0.1, 0.15) is 38.3 Å². The maximum absolute atomic E-state index is 12.9. The van der Waals surface area contributed by atoms with E-state index in [0.29, 0.717) is 17.2 Å². The van der Waals surface area contributed by atoms with Crippen molar-refractivity contribution in [2.24, 2.45) is 0 Å². The highest BCUT2D eigenvalue weighted by Gasteiger charge is 2.38. The Morgan fingerprint density at radius 2 is 1.83 bits per heavy atom. The van der Waals surface area contributed by atoms with Crippen molar-refractivity contribution in [3.63, 3.8) is 0 Å². The molecule has 0 aliphatic carbocycles. The van der Waals surface area contributed by atoms with Gasteiger partial charge in [-0.15, -0.1) is 5.10 Å². The fourth-order valence-electron chi connectivity index (χ4n) is 2.65. The van der Waals surface area contributed by atoms with Crippen molar-refractivity contribution in [2.75, 3.05) is 5.32 Å². The lowest BCUT2D eigenvalue weighted by Crippen LogP contribution is -2.50. The molecule has 0 unspecified atom stereocenters. The maximum atomic E-state index is 12.9. The molecule has 30 heavy (non-hydrogen) atoms. The first-order valence-corrected chi connectivity index (χ1v) is 9.30. The summed E-state index contributed by atoms with van der Waals surface area (Å²) >= 11 is 0. The Labute approximate surface area is 172 Å². The third-order valence-electron chi connectivity index (χ3n) is 4.85. The maximum Gasteiger partial charge on any atom is 0.264 e. The molecule has 0 bridgehead atoms. The SMILES string of the molecule is Cc1cc(Nc2cc(C(F)F)ccn2)nc(-c2cn(C[C@@](C)(O)C(C)(C)O)nn2)c1. The number of pyridine rings is 2. The number of hydrogen-bond donors (Lipinski definition) is 3. The monoisotopic (exact) mass is 418 g/mol. The number of rotatable bonds is 7. The van der Waals surface area contributed by atoms with Crippen LogP contribution >= 0.6 is 0 Å². The third kappa shape index (κ3) is 4.95. The van der Waals surface area contributed by atoms with E-state index >= 15 is 0 Å². The summed E-state index contributed by atoms with van der Waals surface area (Å²) in [5, 5.41) is 31.6. The van der Waals surface area contributed by atoms with Gasteiger partial charge in [0.15, 0.2) is 0 Å². The topological polar surface area (TPSA) is 109 Å². The minimum Gasteiger partial charge on any atom is -0.387 e. The first-order chi connectivity index (χ1) is 13.9. The fraction of sp³-hybridized carbons (Fsp3) is 0.400. The van der Waals surface area contributed by atoms with E-state index in [-0.39, 0.29) is 17.9 Å².